The molecule has 0 atom stereocenters. The molecule has 1 nitrogen and oxygen atoms in total. The maximum absolute atomic E-state index is 4.86. The van der Waals surface area contributed by atoms with Gasteiger partial charge in [-0.1, -0.05) is 60.7 Å². The fourth-order valence-electron chi connectivity index (χ4n) is 3.70. The maximum atomic E-state index is 4.86. The van der Waals surface area contributed by atoms with E-state index in [0.717, 1.165) is 17.5 Å². The first-order valence-electron chi connectivity index (χ1n) is 9.26. The molecular formula is C25H23NP+. The number of hydrogen-bond donors (Lipinski definition) is 0. The highest BCUT2D eigenvalue weighted by molar-refractivity contribution is 7.95. The lowest BCUT2D eigenvalue weighted by Gasteiger charge is -2.27. The number of pyridine rings is 1. The standard InChI is InChI=1S/C25H23NP/c1-21-12-11-13-22(26-21)20-27(23-14-5-2-6-15-23,24-16-7-3-8-17-24)25-18-9-4-10-19-25/h2-19H,20H2,1H3/q+1. The molecule has 3 aromatic carbocycles. The van der Waals surface area contributed by atoms with E-state index < -0.39 is 7.26 Å². The average molecular weight is 368 g/mol. The molecule has 0 spiro atoms. The van der Waals surface area contributed by atoms with Crippen LogP contribution in [0.2, 0.25) is 0 Å². The molecule has 4 aromatic rings. The van der Waals surface area contributed by atoms with Gasteiger partial charge in [-0.2, -0.15) is 0 Å². The highest BCUT2D eigenvalue weighted by Gasteiger charge is 2.45. The summed E-state index contributed by atoms with van der Waals surface area (Å²) in [6, 6.07) is 39.2. The quantitative estimate of drug-likeness (QED) is 0.457. The van der Waals surface area contributed by atoms with Crippen molar-refractivity contribution in [1.29, 1.82) is 0 Å². The smallest absolute Gasteiger partial charge is 0.118 e. The Morgan fingerprint density at radius 3 is 1.41 bits per heavy atom. The Morgan fingerprint density at radius 1 is 0.556 bits per heavy atom. The molecule has 0 amide bonds. The molecule has 1 aromatic heterocycles. The predicted molar refractivity (Wildman–Crippen MR) is 118 cm³/mol. The van der Waals surface area contributed by atoms with E-state index in [-0.39, 0.29) is 0 Å². The van der Waals surface area contributed by atoms with Crippen LogP contribution in [0.3, 0.4) is 0 Å². The Labute approximate surface area is 162 Å². The average Bonchev–Trinajstić information content (AvgIpc) is 2.74. The molecular weight excluding hydrogens is 345 g/mol. The molecule has 132 valence electrons. The van der Waals surface area contributed by atoms with Gasteiger partial charge in [-0.15, -0.1) is 0 Å². The third-order valence-electron chi connectivity index (χ3n) is 4.94. The topological polar surface area (TPSA) is 12.9 Å². The van der Waals surface area contributed by atoms with Crippen LogP contribution in [0.15, 0.2) is 109 Å². The first-order chi connectivity index (χ1) is 13.3. The lowest BCUT2D eigenvalue weighted by Crippen LogP contribution is -2.32. The molecule has 4 rings (SSSR count). The fourth-order valence-corrected chi connectivity index (χ4v) is 7.85. The lowest BCUT2D eigenvalue weighted by atomic mass is 10.3. The Morgan fingerprint density at radius 2 is 1.00 bits per heavy atom. The number of nitrogens with zero attached hydrogens (tertiary/aromatic N) is 1. The largest absolute Gasteiger partial charge is 0.254 e. The number of benzene rings is 3. The van der Waals surface area contributed by atoms with Gasteiger partial charge in [-0.25, -0.2) is 0 Å². The molecule has 0 aliphatic heterocycles. The van der Waals surface area contributed by atoms with Crippen molar-refractivity contribution in [3.8, 4) is 0 Å². The summed E-state index contributed by atoms with van der Waals surface area (Å²) in [7, 11) is -1.86. The molecule has 27 heavy (non-hydrogen) atoms. The van der Waals surface area contributed by atoms with Gasteiger partial charge in [0.05, 0.1) is 5.69 Å². The Kier molecular flexibility index (Phi) is 5.14. The van der Waals surface area contributed by atoms with Crippen LogP contribution in [0.5, 0.6) is 0 Å². The molecule has 0 N–H and O–H groups in total. The summed E-state index contributed by atoms with van der Waals surface area (Å²) >= 11 is 0. The molecule has 0 unspecified atom stereocenters. The van der Waals surface area contributed by atoms with Crippen molar-refractivity contribution in [3.63, 3.8) is 0 Å². The Bertz CT molecular complexity index is 901. The summed E-state index contributed by atoms with van der Waals surface area (Å²) in [6.07, 6.45) is 0.923. The second-order valence-electron chi connectivity index (χ2n) is 6.74. The summed E-state index contributed by atoms with van der Waals surface area (Å²) in [5.74, 6) is 0. The van der Waals surface area contributed by atoms with Gasteiger partial charge < -0.3 is 0 Å². The van der Waals surface area contributed by atoms with Crippen molar-refractivity contribution in [2.45, 2.75) is 13.1 Å². The predicted octanol–water partition coefficient (Wildman–Crippen LogP) is 4.88. The zero-order valence-electron chi connectivity index (χ0n) is 15.5. The molecule has 0 bridgehead atoms. The first kappa shape index (κ1) is 17.6. The van der Waals surface area contributed by atoms with E-state index in [1.165, 1.54) is 15.9 Å². The zero-order valence-corrected chi connectivity index (χ0v) is 16.4. The van der Waals surface area contributed by atoms with Crippen molar-refractivity contribution in [2.24, 2.45) is 0 Å². The van der Waals surface area contributed by atoms with Gasteiger partial charge in [0.25, 0.3) is 0 Å². The number of rotatable bonds is 5. The summed E-state index contributed by atoms with van der Waals surface area (Å²) < 4.78 is 0. The van der Waals surface area contributed by atoms with E-state index in [1.54, 1.807) is 0 Å². The van der Waals surface area contributed by atoms with Crippen LogP contribution >= 0.6 is 7.26 Å². The number of aryl methyl sites for hydroxylation is 1. The summed E-state index contributed by atoms with van der Waals surface area (Å²) in [5, 5.41) is 4.18. The monoisotopic (exact) mass is 368 g/mol. The van der Waals surface area contributed by atoms with Crippen molar-refractivity contribution in [3.05, 3.63) is 121 Å². The van der Waals surface area contributed by atoms with Crippen molar-refractivity contribution >= 4 is 23.2 Å². The summed E-state index contributed by atoms with van der Waals surface area (Å²) in [6.45, 7) is 2.07. The van der Waals surface area contributed by atoms with Crippen LogP contribution in [-0.2, 0) is 6.16 Å². The van der Waals surface area contributed by atoms with Crippen LogP contribution < -0.4 is 15.9 Å². The Balaban J connectivity index is 2.00. The molecule has 0 fully saturated rings. The Hall–Kier alpha value is -2.76. The van der Waals surface area contributed by atoms with E-state index in [4.69, 9.17) is 4.98 Å². The van der Waals surface area contributed by atoms with Gasteiger partial charge >= 0.3 is 0 Å². The van der Waals surface area contributed by atoms with E-state index in [9.17, 15) is 0 Å². The molecule has 0 saturated carbocycles. The SMILES string of the molecule is Cc1cccc(C[P+](c2ccccc2)(c2ccccc2)c2ccccc2)n1. The van der Waals surface area contributed by atoms with Gasteiger partial charge in [0.2, 0.25) is 0 Å². The van der Waals surface area contributed by atoms with E-state index >= 15 is 0 Å². The minimum atomic E-state index is -1.86. The van der Waals surface area contributed by atoms with Gasteiger partial charge in [0, 0.05) is 5.69 Å². The molecule has 2 heteroatoms. The van der Waals surface area contributed by atoms with Gasteiger partial charge in [0.1, 0.15) is 29.3 Å². The van der Waals surface area contributed by atoms with Crippen LogP contribution in [0.1, 0.15) is 11.4 Å². The first-order valence-corrected chi connectivity index (χ1v) is 11.2. The number of aromatic nitrogens is 1. The lowest BCUT2D eigenvalue weighted by molar-refractivity contribution is 1.10. The minimum Gasteiger partial charge on any atom is -0.254 e. The summed E-state index contributed by atoms with van der Waals surface area (Å²) in [4.78, 5) is 4.86. The van der Waals surface area contributed by atoms with Crippen molar-refractivity contribution in [2.75, 3.05) is 0 Å². The van der Waals surface area contributed by atoms with E-state index in [2.05, 4.69) is 116 Å². The molecule has 1 heterocycles. The van der Waals surface area contributed by atoms with Crippen LogP contribution in [0.25, 0.3) is 0 Å². The summed E-state index contributed by atoms with van der Waals surface area (Å²) in [5.41, 5.74) is 2.22. The van der Waals surface area contributed by atoms with Crippen LogP contribution in [0.4, 0.5) is 0 Å². The van der Waals surface area contributed by atoms with Gasteiger partial charge in [-0.3, -0.25) is 4.98 Å². The van der Waals surface area contributed by atoms with Crippen molar-refractivity contribution in [1.82, 2.24) is 4.98 Å². The minimum absolute atomic E-state index is 0.923. The second-order valence-corrected chi connectivity index (χ2v) is 10.2. The number of hydrogen-bond acceptors (Lipinski definition) is 1. The van der Waals surface area contributed by atoms with E-state index in [1.807, 2.05) is 0 Å². The molecule has 0 radical (unpaired) electrons. The van der Waals surface area contributed by atoms with Gasteiger partial charge in [0.15, 0.2) is 0 Å². The van der Waals surface area contributed by atoms with Crippen molar-refractivity contribution < 1.29 is 0 Å². The second kappa shape index (κ2) is 7.86. The zero-order chi connectivity index (χ0) is 18.5. The third kappa shape index (κ3) is 3.56. The highest BCUT2D eigenvalue weighted by Crippen LogP contribution is 2.57. The molecule has 0 aliphatic carbocycles. The normalized spacial score (nSPS) is 11.3. The fraction of sp³-hybridized carbons (Fsp3) is 0.0800. The van der Waals surface area contributed by atoms with E-state index in [0.29, 0.717) is 0 Å². The van der Waals surface area contributed by atoms with Gasteiger partial charge in [-0.05, 0) is 55.5 Å². The molecule has 0 aliphatic rings. The highest BCUT2D eigenvalue weighted by atomic mass is 31.2. The van der Waals surface area contributed by atoms with Crippen LogP contribution in [0, 0.1) is 6.92 Å². The maximum Gasteiger partial charge on any atom is 0.118 e. The van der Waals surface area contributed by atoms with Crippen LogP contribution in [-0.4, -0.2) is 4.98 Å². The molecule has 0 saturated heterocycles. The third-order valence-corrected chi connectivity index (χ3v) is 9.27.